The van der Waals surface area contributed by atoms with Gasteiger partial charge in [-0.05, 0) is 25.7 Å². The number of likely N-dealkylation sites (N-methyl/N-ethyl adjacent to an activating group) is 1. The second-order valence-electron chi connectivity index (χ2n) is 9.43. The van der Waals surface area contributed by atoms with E-state index in [-0.39, 0.29) is 57.3 Å². The number of amides is 2. The molecule has 0 bridgehead atoms. The maximum atomic E-state index is 13.5. The third-order valence-electron chi connectivity index (χ3n) is 6.79. The molecule has 2 atom stereocenters. The van der Waals surface area contributed by atoms with Gasteiger partial charge in [-0.15, -0.1) is 0 Å². The second kappa shape index (κ2) is 12.2. The molecule has 0 aromatic carbocycles. The Bertz CT molecular complexity index is 937. The molecule has 36 heavy (non-hydrogen) atoms. The van der Waals surface area contributed by atoms with E-state index < -0.39 is 40.5 Å². The Hall–Kier alpha value is -2.49. The van der Waals surface area contributed by atoms with Gasteiger partial charge in [-0.2, -0.15) is 17.4 Å². The number of rotatable bonds is 11. The Morgan fingerprint density at radius 2 is 1.83 bits per heavy atom. The summed E-state index contributed by atoms with van der Waals surface area (Å²) in [6.45, 7) is 1.63. The summed E-state index contributed by atoms with van der Waals surface area (Å²) in [5.41, 5.74) is 5.61. The number of hydrogen-bond acceptors (Lipinski definition) is 7. The maximum Gasteiger partial charge on any atom is 0.305 e. The van der Waals surface area contributed by atoms with Crippen LogP contribution in [0.5, 0.6) is 0 Å². The van der Waals surface area contributed by atoms with E-state index in [0.29, 0.717) is 32.4 Å². The normalized spacial score (nSPS) is 22.0. The molecular weight excluding hydrogens is 494 g/mol. The molecule has 0 aromatic heterocycles. The van der Waals surface area contributed by atoms with Crippen molar-refractivity contribution in [3.05, 3.63) is 0 Å². The van der Waals surface area contributed by atoms with Crippen molar-refractivity contribution in [2.24, 2.45) is 5.73 Å². The lowest BCUT2D eigenvalue weighted by molar-refractivity contribution is -0.142. The molecule has 15 heteroatoms. The maximum absolute atomic E-state index is 13.5. The first-order chi connectivity index (χ1) is 17.0. The van der Waals surface area contributed by atoms with Crippen molar-refractivity contribution in [2.75, 3.05) is 53.0 Å². The van der Waals surface area contributed by atoms with Crippen molar-refractivity contribution in [3.8, 4) is 0 Å². The lowest BCUT2D eigenvalue weighted by Crippen LogP contribution is -2.57. The van der Waals surface area contributed by atoms with Gasteiger partial charge >= 0.3 is 5.97 Å². The predicted octanol–water partition coefficient (Wildman–Crippen LogP) is -1.81. The van der Waals surface area contributed by atoms with Crippen molar-refractivity contribution in [3.63, 3.8) is 0 Å². The Labute approximate surface area is 211 Å². The molecule has 0 unspecified atom stereocenters. The highest BCUT2D eigenvalue weighted by atomic mass is 32.2. The topological polar surface area (TPSA) is 190 Å². The van der Waals surface area contributed by atoms with Gasteiger partial charge in [0.1, 0.15) is 6.04 Å². The summed E-state index contributed by atoms with van der Waals surface area (Å²) in [5, 5.41) is 16.8. The Morgan fingerprint density at radius 1 is 1.17 bits per heavy atom. The van der Waals surface area contributed by atoms with Gasteiger partial charge in [0.25, 0.3) is 10.2 Å². The van der Waals surface area contributed by atoms with Crippen LogP contribution in [-0.4, -0.2) is 127 Å². The fourth-order valence-corrected chi connectivity index (χ4v) is 5.83. The number of carbonyl (C=O) groups excluding carboxylic acids is 2. The number of likely N-dealkylation sites (tertiary alicyclic amines) is 1. The minimum Gasteiger partial charge on any atom is -0.481 e. The average Bonchev–Trinajstić information content (AvgIpc) is 3.68. The number of carbonyl (C=O) groups is 3. The summed E-state index contributed by atoms with van der Waals surface area (Å²) in [6, 6.07) is -1.79. The Balaban J connectivity index is 1.77. The smallest absolute Gasteiger partial charge is 0.305 e. The first-order valence-electron chi connectivity index (χ1n) is 12.2. The highest BCUT2D eigenvalue weighted by Crippen LogP contribution is 2.28. The minimum absolute atomic E-state index is 0.0607. The molecule has 3 fully saturated rings. The molecule has 2 saturated heterocycles. The van der Waals surface area contributed by atoms with Crippen LogP contribution >= 0.6 is 0 Å². The lowest BCUT2D eigenvalue weighted by atomic mass is 10.0. The van der Waals surface area contributed by atoms with Gasteiger partial charge in [-0.3, -0.25) is 19.8 Å². The van der Waals surface area contributed by atoms with Crippen LogP contribution in [-0.2, 0) is 29.3 Å². The Morgan fingerprint density at radius 3 is 2.42 bits per heavy atom. The zero-order valence-electron chi connectivity index (χ0n) is 20.6. The van der Waals surface area contributed by atoms with Crippen LogP contribution in [0.15, 0.2) is 0 Å². The lowest BCUT2D eigenvalue weighted by Gasteiger charge is -2.38. The summed E-state index contributed by atoms with van der Waals surface area (Å²) in [4.78, 5) is 42.4. The van der Waals surface area contributed by atoms with Crippen LogP contribution in [0.4, 0.5) is 0 Å². The number of morpholine rings is 1. The number of ether oxygens (including phenoxy) is 1. The van der Waals surface area contributed by atoms with Crippen molar-refractivity contribution in [2.45, 2.75) is 56.7 Å². The first-order valence-corrected chi connectivity index (χ1v) is 13.7. The Kier molecular flexibility index (Phi) is 9.49. The number of guanidine groups is 1. The van der Waals surface area contributed by atoms with Crippen LogP contribution in [0.2, 0.25) is 0 Å². The number of hydrogen-bond donors (Lipinski definition) is 4. The number of carboxylic acid groups (broad SMARTS) is 1. The van der Waals surface area contributed by atoms with Crippen LogP contribution < -0.4 is 10.5 Å². The van der Waals surface area contributed by atoms with Gasteiger partial charge in [0.15, 0.2) is 5.96 Å². The number of aliphatic carboxylic acids is 1. The third-order valence-corrected chi connectivity index (χ3v) is 8.42. The minimum atomic E-state index is -4.10. The summed E-state index contributed by atoms with van der Waals surface area (Å²) in [5.74, 6) is -2.18. The van der Waals surface area contributed by atoms with Crippen molar-refractivity contribution in [1.82, 2.24) is 23.7 Å². The zero-order chi connectivity index (χ0) is 26.5. The van der Waals surface area contributed by atoms with E-state index in [1.54, 1.807) is 11.9 Å². The highest BCUT2D eigenvalue weighted by molar-refractivity contribution is 7.87. The van der Waals surface area contributed by atoms with Gasteiger partial charge in [0.2, 0.25) is 11.8 Å². The molecule has 2 aliphatic heterocycles. The standard InChI is InChI=1S/C21H37N7O7S/c1-25(16-3-2-7-26(14-16)21(22)23)18(29)13-17(24-36(33,34)27-9-11-35-12-10-27)20(32)28(15-4-5-15)8-6-19(30)31/h15-17,24H,2-14H2,1H3,(H3,22,23)(H,30,31)/t16-,17-/m0/s1. The largest absolute Gasteiger partial charge is 0.481 e. The SMILES string of the molecule is CN(C(=O)C[C@H](NS(=O)(=O)N1CCOCC1)C(=O)N(CCC(=O)O)C1CC1)[C@H]1CCCN(C(=N)N)C1. The average molecular weight is 532 g/mol. The highest BCUT2D eigenvalue weighted by Gasteiger charge is 2.40. The van der Waals surface area contributed by atoms with Gasteiger partial charge in [0, 0.05) is 51.9 Å². The number of nitrogens with one attached hydrogen (secondary N) is 2. The third kappa shape index (κ3) is 7.51. The monoisotopic (exact) mass is 531 g/mol. The van der Waals surface area contributed by atoms with Gasteiger partial charge in [-0.1, -0.05) is 0 Å². The fourth-order valence-electron chi connectivity index (χ4n) is 4.51. The molecule has 0 aromatic rings. The molecule has 5 N–H and O–H groups in total. The number of carboxylic acids is 1. The van der Waals surface area contributed by atoms with E-state index in [1.807, 2.05) is 0 Å². The van der Waals surface area contributed by atoms with E-state index in [0.717, 1.165) is 6.42 Å². The zero-order valence-corrected chi connectivity index (χ0v) is 21.4. The van der Waals surface area contributed by atoms with Crippen molar-refractivity contribution in [1.29, 1.82) is 5.41 Å². The van der Waals surface area contributed by atoms with E-state index in [2.05, 4.69) is 4.72 Å². The number of nitrogens with zero attached hydrogens (tertiary/aromatic N) is 4. The van der Waals surface area contributed by atoms with E-state index in [1.165, 1.54) is 14.1 Å². The van der Waals surface area contributed by atoms with Crippen molar-refractivity contribution >= 4 is 34.0 Å². The fraction of sp³-hybridized carbons (Fsp3) is 0.810. The van der Waals surface area contributed by atoms with E-state index in [9.17, 15) is 22.8 Å². The molecule has 0 radical (unpaired) electrons. The van der Waals surface area contributed by atoms with Crippen LogP contribution in [0.25, 0.3) is 0 Å². The summed E-state index contributed by atoms with van der Waals surface area (Å²) in [7, 11) is -2.50. The van der Waals surface area contributed by atoms with Crippen molar-refractivity contribution < 1.29 is 32.6 Å². The van der Waals surface area contributed by atoms with Crippen LogP contribution in [0.3, 0.4) is 0 Å². The number of piperidine rings is 1. The van der Waals surface area contributed by atoms with Crippen LogP contribution in [0, 0.1) is 5.41 Å². The first kappa shape index (κ1) is 28.1. The van der Waals surface area contributed by atoms with Gasteiger partial charge in [-0.25, -0.2) is 0 Å². The quantitative estimate of drug-likeness (QED) is 0.176. The molecule has 3 rings (SSSR count). The molecule has 2 heterocycles. The molecule has 1 saturated carbocycles. The molecule has 2 amide bonds. The number of nitrogens with two attached hydrogens (primary N) is 1. The molecular formula is C21H37N7O7S. The van der Waals surface area contributed by atoms with E-state index >= 15 is 0 Å². The summed E-state index contributed by atoms with van der Waals surface area (Å²) >= 11 is 0. The van der Waals surface area contributed by atoms with Crippen LogP contribution in [0.1, 0.15) is 38.5 Å². The predicted molar refractivity (Wildman–Crippen MR) is 129 cm³/mol. The van der Waals surface area contributed by atoms with Gasteiger partial charge < -0.3 is 30.3 Å². The molecule has 0 spiro atoms. The summed E-state index contributed by atoms with van der Waals surface area (Å²) in [6.07, 6.45) is 2.14. The molecule has 3 aliphatic rings. The summed E-state index contributed by atoms with van der Waals surface area (Å²) < 4.78 is 35.0. The molecule has 1 aliphatic carbocycles. The van der Waals surface area contributed by atoms with E-state index in [4.69, 9.17) is 21.0 Å². The second-order valence-corrected chi connectivity index (χ2v) is 11.1. The molecule has 204 valence electrons. The molecule has 14 nitrogen and oxygen atoms in total. The van der Waals surface area contributed by atoms with Gasteiger partial charge in [0.05, 0.1) is 26.1 Å².